The zero-order chi connectivity index (χ0) is 21.7. The van der Waals surface area contributed by atoms with Crippen LogP contribution in [0.1, 0.15) is 42.9 Å². The quantitative estimate of drug-likeness (QED) is 0.540. The third kappa shape index (κ3) is 5.80. The Labute approximate surface area is 177 Å². The van der Waals surface area contributed by atoms with Crippen LogP contribution < -0.4 is 5.32 Å². The molecule has 0 spiro atoms. The van der Waals surface area contributed by atoms with Crippen molar-refractivity contribution in [1.82, 2.24) is 15.1 Å². The van der Waals surface area contributed by atoms with Gasteiger partial charge in [-0.3, -0.25) is 9.89 Å². The molecule has 2 N–H and O–H groups in total. The van der Waals surface area contributed by atoms with Crippen LogP contribution in [0.2, 0.25) is 0 Å². The van der Waals surface area contributed by atoms with E-state index >= 15 is 0 Å². The molecule has 1 saturated heterocycles. The number of likely N-dealkylation sites (tertiary alicyclic amines) is 1. The van der Waals surface area contributed by atoms with Crippen LogP contribution in [0.3, 0.4) is 0 Å². The van der Waals surface area contributed by atoms with Crippen LogP contribution in [-0.2, 0) is 19.4 Å². The minimum Gasteiger partial charge on any atom is -0.508 e. The first kappa shape index (κ1) is 22.7. The van der Waals surface area contributed by atoms with Gasteiger partial charge in [0.15, 0.2) is 5.96 Å². The normalized spacial score (nSPS) is 20.0. The van der Waals surface area contributed by atoms with Gasteiger partial charge < -0.3 is 15.3 Å². The van der Waals surface area contributed by atoms with Gasteiger partial charge in [0.2, 0.25) is 0 Å². The number of benzene rings is 1. The Hall–Kier alpha value is -1.96. The summed E-state index contributed by atoms with van der Waals surface area (Å²) in [7, 11) is 1.72. The smallest absolute Gasteiger partial charge is 0.401 e. The highest BCUT2D eigenvalue weighted by atomic mass is 19.4. The van der Waals surface area contributed by atoms with Crippen molar-refractivity contribution >= 4 is 5.96 Å². The number of nitrogens with one attached hydrogen (secondary N) is 1. The summed E-state index contributed by atoms with van der Waals surface area (Å²) in [6.07, 6.45) is 1.04. The standard InChI is InChI=1S/C22H33F3N4O/c1-3-28(15-22(23,24)25)13-16-10-11-29(14-16)21(26-2)27-12-19-18-7-5-4-6-17(18)8-9-20(19)30/h8-9,16,30H,3-7,10-15H2,1-2H3,(H,26,27). The number of halogens is 3. The van der Waals surface area contributed by atoms with Gasteiger partial charge in [-0.1, -0.05) is 13.0 Å². The van der Waals surface area contributed by atoms with Gasteiger partial charge in [-0.25, -0.2) is 0 Å². The van der Waals surface area contributed by atoms with Gasteiger partial charge >= 0.3 is 6.18 Å². The van der Waals surface area contributed by atoms with Gasteiger partial charge in [0.25, 0.3) is 0 Å². The van der Waals surface area contributed by atoms with Crippen LogP contribution in [0, 0.1) is 5.92 Å². The van der Waals surface area contributed by atoms with E-state index in [1.54, 1.807) is 20.0 Å². The minimum absolute atomic E-state index is 0.184. The van der Waals surface area contributed by atoms with Gasteiger partial charge in [0.1, 0.15) is 5.75 Å². The Bertz CT molecular complexity index is 751. The van der Waals surface area contributed by atoms with E-state index in [9.17, 15) is 18.3 Å². The van der Waals surface area contributed by atoms with E-state index in [-0.39, 0.29) is 5.92 Å². The van der Waals surface area contributed by atoms with Crippen LogP contribution in [0.15, 0.2) is 17.1 Å². The first-order valence-corrected chi connectivity index (χ1v) is 10.9. The summed E-state index contributed by atoms with van der Waals surface area (Å²) in [6.45, 7) is 3.70. The fourth-order valence-corrected chi connectivity index (χ4v) is 4.69. The van der Waals surface area contributed by atoms with E-state index in [0.717, 1.165) is 43.8 Å². The highest BCUT2D eigenvalue weighted by Crippen LogP contribution is 2.30. The second-order valence-electron chi connectivity index (χ2n) is 8.35. The van der Waals surface area contributed by atoms with Crippen LogP contribution in [0.4, 0.5) is 13.2 Å². The molecule has 2 aliphatic rings. The Balaban J connectivity index is 1.58. The first-order valence-electron chi connectivity index (χ1n) is 10.9. The van der Waals surface area contributed by atoms with Crippen molar-refractivity contribution in [3.05, 3.63) is 28.8 Å². The lowest BCUT2D eigenvalue weighted by molar-refractivity contribution is -0.146. The fourth-order valence-electron chi connectivity index (χ4n) is 4.69. The highest BCUT2D eigenvalue weighted by molar-refractivity contribution is 5.80. The van der Waals surface area contributed by atoms with Gasteiger partial charge in [-0.05, 0) is 61.8 Å². The minimum atomic E-state index is -4.16. The molecule has 1 unspecified atom stereocenters. The maximum absolute atomic E-state index is 12.7. The van der Waals surface area contributed by atoms with E-state index in [1.807, 2.05) is 6.07 Å². The Kier molecular flexibility index (Phi) is 7.50. The van der Waals surface area contributed by atoms with Gasteiger partial charge in [-0.2, -0.15) is 13.2 Å². The van der Waals surface area contributed by atoms with E-state index in [4.69, 9.17) is 0 Å². The van der Waals surface area contributed by atoms with Crippen LogP contribution >= 0.6 is 0 Å². The zero-order valence-electron chi connectivity index (χ0n) is 17.9. The van der Waals surface area contributed by atoms with Crippen molar-refractivity contribution < 1.29 is 18.3 Å². The molecule has 168 valence electrons. The molecule has 1 aromatic rings. The summed E-state index contributed by atoms with van der Waals surface area (Å²) in [6, 6.07) is 3.80. The molecule has 1 aliphatic heterocycles. The molecule has 0 aromatic heterocycles. The molecule has 1 aromatic carbocycles. The lowest BCUT2D eigenvalue weighted by Crippen LogP contribution is -2.41. The summed E-state index contributed by atoms with van der Waals surface area (Å²) in [4.78, 5) is 7.96. The molecule has 1 atom stereocenters. The fraction of sp³-hybridized carbons (Fsp3) is 0.682. The third-order valence-corrected chi connectivity index (χ3v) is 6.21. The van der Waals surface area contributed by atoms with Crippen LogP contribution in [0.5, 0.6) is 5.75 Å². The highest BCUT2D eigenvalue weighted by Gasteiger charge is 2.33. The number of phenolic OH excluding ortho intramolecular Hbond substituents is 1. The largest absolute Gasteiger partial charge is 0.508 e. The van der Waals surface area contributed by atoms with E-state index in [2.05, 4.69) is 15.2 Å². The van der Waals surface area contributed by atoms with E-state index in [0.29, 0.717) is 31.9 Å². The molecule has 0 saturated carbocycles. The number of nitrogens with zero attached hydrogens (tertiary/aromatic N) is 3. The molecule has 30 heavy (non-hydrogen) atoms. The molecular formula is C22H33F3N4O. The van der Waals surface area contributed by atoms with Crippen molar-refractivity contribution in [3.63, 3.8) is 0 Å². The maximum Gasteiger partial charge on any atom is 0.401 e. The Morgan fingerprint density at radius 3 is 2.77 bits per heavy atom. The predicted molar refractivity (Wildman–Crippen MR) is 113 cm³/mol. The van der Waals surface area contributed by atoms with Crippen molar-refractivity contribution in [1.29, 1.82) is 0 Å². The summed E-state index contributed by atoms with van der Waals surface area (Å²) < 4.78 is 38.2. The van der Waals surface area contributed by atoms with Crippen molar-refractivity contribution in [2.45, 2.75) is 51.7 Å². The molecule has 1 heterocycles. The van der Waals surface area contributed by atoms with Crippen LogP contribution in [-0.4, -0.2) is 66.8 Å². The maximum atomic E-state index is 12.7. The van der Waals surface area contributed by atoms with E-state index < -0.39 is 12.7 Å². The molecule has 1 fully saturated rings. The predicted octanol–water partition coefficient (Wildman–Crippen LogP) is 3.55. The third-order valence-electron chi connectivity index (χ3n) is 6.21. The number of alkyl halides is 3. The molecule has 0 bridgehead atoms. The number of rotatable bonds is 6. The lowest BCUT2D eigenvalue weighted by atomic mass is 9.88. The number of phenols is 1. The number of fused-ring (bicyclic) bond motifs is 1. The number of aryl methyl sites for hydroxylation is 1. The van der Waals surface area contributed by atoms with Crippen LogP contribution in [0.25, 0.3) is 0 Å². The molecular weight excluding hydrogens is 393 g/mol. The van der Waals surface area contributed by atoms with Gasteiger partial charge in [-0.15, -0.1) is 0 Å². The second kappa shape index (κ2) is 9.90. The zero-order valence-corrected chi connectivity index (χ0v) is 17.9. The molecule has 0 radical (unpaired) electrons. The van der Waals surface area contributed by atoms with Crippen molar-refractivity contribution in [2.75, 3.05) is 39.8 Å². The Morgan fingerprint density at radius 2 is 2.07 bits per heavy atom. The van der Waals surface area contributed by atoms with Gasteiger partial charge in [0, 0.05) is 38.8 Å². The summed E-state index contributed by atoms with van der Waals surface area (Å²) in [5.41, 5.74) is 3.50. The monoisotopic (exact) mass is 426 g/mol. The number of hydrogen-bond donors (Lipinski definition) is 2. The van der Waals surface area contributed by atoms with Crippen molar-refractivity contribution in [2.24, 2.45) is 10.9 Å². The molecule has 8 heteroatoms. The SMILES string of the molecule is CCN(CC1CCN(C(=NC)NCc2c(O)ccc3c2CCCC3)C1)CC(F)(F)F. The number of guanidine groups is 1. The molecule has 3 rings (SSSR count). The summed E-state index contributed by atoms with van der Waals surface area (Å²) in [5.74, 6) is 1.23. The van der Waals surface area contributed by atoms with Crippen molar-refractivity contribution in [3.8, 4) is 5.75 Å². The summed E-state index contributed by atoms with van der Waals surface area (Å²) >= 11 is 0. The number of aliphatic imine (C=N–C) groups is 1. The lowest BCUT2D eigenvalue weighted by Gasteiger charge is -2.26. The first-order chi connectivity index (χ1) is 14.3. The average molecular weight is 427 g/mol. The number of hydrogen-bond acceptors (Lipinski definition) is 3. The number of aromatic hydroxyl groups is 1. The molecule has 0 amide bonds. The topological polar surface area (TPSA) is 51.1 Å². The molecule has 1 aliphatic carbocycles. The van der Waals surface area contributed by atoms with E-state index in [1.165, 1.54) is 22.4 Å². The Morgan fingerprint density at radius 1 is 1.30 bits per heavy atom. The second-order valence-corrected chi connectivity index (χ2v) is 8.35. The molecule has 5 nitrogen and oxygen atoms in total. The average Bonchev–Trinajstić information content (AvgIpc) is 3.16. The van der Waals surface area contributed by atoms with Gasteiger partial charge in [0.05, 0.1) is 6.54 Å². The summed E-state index contributed by atoms with van der Waals surface area (Å²) in [5, 5.41) is 13.8.